The van der Waals surface area contributed by atoms with Crippen LogP contribution in [-0.4, -0.2) is 57.8 Å². The summed E-state index contributed by atoms with van der Waals surface area (Å²) in [4.78, 5) is 26.5. The zero-order valence-corrected chi connectivity index (χ0v) is 45.8. The molecule has 2 aromatic carbocycles. The molecule has 74 heavy (non-hydrogen) atoms. The monoisotopic (exact) mass is 1010 g/mol. The Bertz CT molecular complexity index is 2410. The van der Waals surface area contributed by atoms with Crippen LogP contribution in [0.4, 0.5) is 0 Å². The van der Waals surface area contributed by atoms with E-state index < -0.39 is 46.1 Å². The van der Waals surface area contributed by atoms with Crippen LogP contribution in [0, 0.1) is 68.0 Å². The summed E-state index contributed by atoms with van der Waals surface area (Å²) in [6.45, 7) is 6.88. The van der Waals surface area contributed by atoms with Crippen LogP contribution >= 0.6 is 0 Å². The number of ether oxygens (including phenoxy) is 2. The number of carbonyl (C=O) groups excluding carboxylic acids is 2. The normalized spacial score (nSPS) is 39.9. The molecule has 0 saturated heterocycles. The number of carbonyl (C=O) groups is 2. The number of esters is 2. The molecule has 11 rings (SSSR count). The van der Waals surface area contributed by atoms with E-state index in [0.29, 0.717) is 54.3 Å². The lowest BCUT2D eigenvalue weighted by Gasteiger charge is -2.72. The largest absolute Gasteiger partial charge is 0.462 e. The zero-order chi connectivity index (χ0) is 51.5. The Hall–Kier alpha value is -3.44. The van der Waals surface area contributed by atoms with Crippen molar-refractivity contribution < 1.29 is 34.4 Å². The van der Waals surface area contributed by atoms with Gasteiger partial charge in [0.15, 0.2) is 0 Å². The molecule has 0 unspecified atom stereocenters. The maximum absolute atomic E-state index is 14.4. The minimum Gasteiger partial charge on any atom is -0.462 e. The minimum atomic E-state index is -1.69. The first-order valence-electron chi connectivity index (χ1n) is 30.3. The summed E-state index contributed by atoms with van der Waals surface area (Å²) in [5.41, 5.74) is 0.566. The Morgan fingerprint density at radius 3 is 2.19 bits per heavy atom. The lowest BCUT2D eigenvalue weighted by atomic mass is 9.35. The van der Waals surface area contributed by atoms with Gasteiger partial charge >= 0.3 is 11.9 Å². The number of fused-ring (bicyclic) bond motifs is 4. The van der Waals surface area contributed by atoms with Crippen molar-refractivity contribution in [2.75, 3.05) is 6.61 Å². The quantitative estimate of drug-likeness (QED) is 0.120. The van der Waals surface area contributed by atoms with Crippen molar-refractivity contribution in [1.29, 1.82) is 0 Å². The summed E-state index contributed by atoms with van der Waals surface area (Å²) in [5, 5.41) is 41.2. The zero-order valence-electron chi connectivity index (χ0n) is 45.8. The molecule has 7 heteroatoms. The highest BCUT2D eigenvalue weighted by molar-refractivity contribution is 5.85. The van der Waals surface area contributed by atoms with E-state index >= 15 is 0 Å². The Balaban J connectivity index is 0.928. The molecule has 9 aliphatic rings. The van der Waals surface area contributed by atoms with Gasteiger partial charge < -0.3 is 24.8 Å². The average molecular weight is 1010 g/mol. The second kappa shape index (κ2) is 20.4. The van der Waals surface area contributed by atoms with Gasteiger partial charge in [-0.05, 0) is 210 Å². The smallest absolute Gasteiger partial charge is 0.331 e. The predicted molar refractivity (Wildman–Crippen MR) is 291 cm³/mol. The van der Waals surface area contributed by atoms with E-state index in [1.54, 1.807) is 11.6 Å². The summed E-state index contributed by atoms with van der Waals surface area (Å²) in [6.07, 6.45) is 29.5. The van der Waals surface area contributed by atoms with E-state index in [4.69, 9.17) is 9.47 Å². The number of cyclic esters (lactones) is 1. The van der Waals surface area contributed by atoms with Gasteiger partial charge in [-0.25, -0.2) is 4.79 Å². The average Bonchev–Trinajstić information content (AvgIpc) is 4.27. The summed E-state index contributed by atoms with van der Waals surface area (Å²) in [6, 6.07) is 22.3. The molecule has 3 spiro atoms. The SMILES string of the molecule is C[C@H](CCCc1ccccc1)CC[C@H](O)[C@]12[C@@H]([C@H]3C[C@](C)(C#CCCC(=O)O3)[C@]1(O)CCC1=CC(=O)OC1)[C@](C)(C1CCC3(CC1)C[C@H](CC1(c4ccccc4)CCCC1)[C@]1(CCC4(CCCC4)C1)C3)CC[C@@H]2O. The van der Waals surface area contributed by atoms with Crippen molar-refractivity contribution in [2.24, 2.45) is 56.2 Å². The van der Waals surface area contributed by atoms with E-state index in [1.807, 2.05) is 6.92 Å². The van der Waals surface area contributed by atoms with Crippen molar-refractivity contribution >= 4 is 11.9 Å². The molecule has 0 amide bonds. The maximum atomic E-state index is 14.4. The lowest BCUT2D eigenvalue weighted by Crippen LogP contribution is -2.79. The number of aryl methyl sites for hydroxylation is 1. The molecule has 3 N–H and O–H groups in total. The van der Waals surface area contributed by atoms with Crippen molar-refractivity contribution in [3.63, 3.8) is 0 Å². The third kappa shape index (κ3) is 9.19. The Morgan fingerprint density at radius 2 is 1.47 bits per heavy atom. The van der Waals surface area contributed by atoms with Crippen LogP contribution in [0.2, 0.25) is 0 Å². The Morgan fingerprint density at radius 1 is 0.770 bits per heavy atom. The minimum absolute atomic E-state index is 0.175. The Labute approximate surface area is 445 Å². The molecule has 7 saturated carbocycles. The molecular weight excluding hydrogens is 917 g/mol. The van der Waals surface area contributed by atoms with E-state index in [9.17, 15) is 24.9 Å². The molecule has 2 bridgehead atoms. The number of hydrogen-bond acceptors (Lipinski definition) is 7. The van der Waals surface area contributed by atoms with Gasteiger partial charge in [0.05, 0.1) is 35.1 Å². The summed E-state index contributed by atoms with van der Waals surface area (Å²) >= 11 is 0. The molecule has 7 nitrogen and oxygen atoms in total. The highest BCUT2D eigenvalue weighted by Gasteiger charge is 2.78. The lowest BCUT2D eigenvalue weighted by molar-refractivity contribution is -0.339. The third-order valence-corrected chi connectivity index (χ3v) is 23.8. The maximum Gasteiger partial charge on any atom is 0.331 e. The topological polar surface area (TPSA) is 113 Å². The first-order valence-corrected chi connectivity index (χ1v) is 30.3. The van der Waals surface area contributed by atoms with Crippen LogP contribution in [0.3, 0.4) is 0 Å². The fraction of sp³-hybridized carbons (Fsp3) is 0.731. The van der Waals surface area contributed by atoms with Gasteiger partial charge in [0, 0.05) is 24.8 Å². The molecule has 2 aromatic rings. The van der Waals surface area contributed by atoms with Gasteiger partial charge in [-0.15, -0.1) is 5.92 Å². The molecule has 11 atom stereocenters. The number of aliphatic hydroxyl groups excluding tert-OH is 2. The van der Waals surface area contributed by atoms with Crippen LogP contribution in [0.5, 0.6) is 0 Å². The van der Waals surface area contributed by atoms with E-state index in [0.717, 1.165) is 56.4 Å². The molecular formula is C67H92O7. The second-order valence-corrected chi connectivity index (χ2v) is 27.8. The van der Waals surface area contributed by atoms with Gasteiger partial charge in [-0.1, -0.05) is 113 Å². The molecule has 2 heterocycles. The molecule has 0 aromatic heterocycles. The van der Waals surface area contributed by atoms with Gasteiger partial charge in [-0.3, -0.25) is 4.79 Å². The van der Waals surface area contributed by atoms with E-state index in [2.05, 4.69) is 86.4 Å². The highest BCUT2D eigenvalue weighted by Crippen LogP contribution is 2.75. The number of hydrogen-bond donors (Lipinski definition) is 3. The molecule has 7 fully saturated rings. The molecule has 7 aliphatic carbocycles. The first-order chi connectivity index (χ1) is 35.6. The van der Waals surface area contributed by atoms with Crippen LogP contribution in [-0.2, 0) is 30.9 Å². The van der Waals surface area contributed by atoms with Crippen molar-refractivity contribution in [3.8, 4) is 11.8 Å². The van der Waals surface area contributed by atoms with Crippen LogP contribution in [0.25, 0.3) is 0 Å². The molecule has 2 aliphatic heterocycles. The number of aliphatic hydroxyl groups is 3. The van der Waals surface area contributed by atoms with Crippen LogP contribution in [0.15, 0.2) is 72.3 Å². The standard InChI is InChI=1S/C67H92O7/c1-48(17-16-20-49-18-6-4-7-19-49)24-25-55(68)67-56(69)29-35-61(3,59(67)54-44-60(2,30-11-10-23-57(70)74-54)66(67,72)38-26-50-41-58(71)73-45-50)51-27-36-63(37-28-51)42-53(65(47-63)40-39-62(46-65)31-12-13-32-62)43-64(33-14-15-34-64)52-21-8-5-9-22-52/h4-9,18-19,21-22,41,48,51,53-56,59,68-69,72H,10,12-17,20,23-29,31-40,42-47H2,1-3H3/t48-,51?,53-,54-,55+,56+,59+,60+,61+,63?,65+,66-,67+/m1/s1. The molecule has 0 radical (unpaired) electrons. The number of benzene rings is 2. The second-order valence-electron chi connectivity index (χ2n) is 27.8. The van der Waals surface area contributed by atoms with Gasteiger partial charge in [0.2, 0.25) is 0 Å². The van der Waals surface area contributed by atoms with Crippen molar-refractivity contribution in [1.82, 2.24) is 0 Å². The fourth-order valence-electron chi connectivity index (χ4n) is 20.3. The van der Waals surface area contributed by atoms with Gasteiger partial charge in [0.25, 0.3) is 0 Å². The molecule has 402 valence electrons. The van der Waals surface area contributed by atoms with E-state index in [-0.39, 0.29) is 42.7 Å². The summed E-state index contributed by atoms with van der Waals surface area (Å²) in [5.74, 6) is 7.04. The first kappa shape index (κ1) is 52.6. The highest BCUT2D eigenvalue weighted by atomic mass is 16.5. The van der Waals surface area contributed by atoms with Crippen LogP contribution in [0.1, 0.15) is 218 Å². The number of rotatable bonds is 15. The van der Waals surface area contributed by atoms with Gasteiger partial charge in [0.1, 0.15) is 12.7 Å². The Kier molecular flexibility index (Phi) is 14.5. The summed E-state index contributed by atoms with van der Waals surface area (Å²) < 4.78 is 12.2. The third-order valence-electron chi connectivity index (χ3n) is 23.8. The van der Waals surface area contributed by atoms with Crippen molar-refractivity contribution in [2.45, 2.75) is 243 Å². The fourth-order valence-corrected chi connectivity index (χ4v) is 20.3. The van der Waals surface area contributed by atoms with Crippen molar-refractivity contribution in [3.05, 3.63) is 83.4 Å². The van der Waals surface area contributed by atoms with E-state index in [1.165, 1.54) is 108 Å². The summed E-state index contributed by atoms with van der Waals surface area (Å²) in [7, 11) is 0. The predicted octanol–water partition coefficient (Wildman–Crippen LogP) is 13.9. The van der Waals surface area contributed by atoms with Gasteiger partial charge in [-0.2, -0.15) is 0 Å². The van der Waals surface area contributed by atoms with Crippen LogP contribution < -0.4 is 0 Å².